The van der Waals surface area contributed by atoms with Crippen LogP contribution in [0.25, 0.3) is 0 Å². The predicted molar refractivity (Wildman–Crippen MR) is 78.6 cm³/mol. The fourth-order valence-electron chi connectivity index (χ4n) is 2.23. The summed E-state index contributed by atoms with van der Waals surface area (Å²) < 4.78 is -0.129. The summed E-state index contributed by atoms with van der Waals surface area (Å²) in [5.74, 6) is 2.31. The van der Waals surface area contributed by atoms with E-state index in [1.165, 1.54) is 12.0 Å². The highest BCUT2D eigenvalue weighted by atomic mass is 32.2. The van der Waals surface area contributed by atoms with E-state index in [1.54, 1.807) is 0 Å². The van der Waals surface area contributed by atoms with Gasteiger partial charge in [0, 0.05) is 0 Å². The number of hydrogen-bond donors (Lipinski definition) is 1. The van der Waals surface area contributed by atoms with Gasteiger partial charge in [-0.2, -0.15) is 0 Å². The molecule has 0 aliphatic carbocycles. The monoisotopic (exact) mass is 268 g/mol. The van der Waals surface area contributed by atoms with Crippen LogP contribution in [0.4, 0.5) is 0 Å². The first-order valence-corrected chi connectivity index (χ1v) is 8.28. The average Bonchev–Trinajstić information content (AvgIpc) is 2.41. The van der Waals surface area contributed by atoms with E-state index in [0.29, 0.717) is 0 Å². The Bertz CT molecular complexity index is 333. The van der Waals surface area contributed by atoms with E-state index in [-0.39, 0.29) is 10.2 Å². The Labute approximate surface area is 112 Å². The summed E-state index contributed by atoms with van der Waals surface area (Å²) in [6.45, 7) is 2.14. The van der Waals surface area contributed by atoms with Crippen molar-refractivity contribution < 1.29 is 5.11 Å². The summed E-state index contributed by atoms with van der Waals surface area (Å²) in [5, 5.41) is 10.5. The summed E-state index contributed by atoms with van der Waals surface area (Å²) in [7, 11) is 0. The van der Waals surface area contributed by atoms with Gasteiger partial charge in [-0.1, -0.05) is 43.7 Å². The van der Waals surface area contributed by atoms with E-state index in [4.69, 9.17) is 0 Å². The van der Waals surface area contributed by atoms with Crippen molar-refractivity contribution in [3.63, 3.8) is 0 Å². The van der Waals surface area contributed by atoms with Gasteiger partial charge in [0.25, 0.3) is 0 Å². The van der Waals surface area contributed by atoms with Gasteiger partial charge in [0.1, 0.15) is 4.08 Å². The molecule has 1 N–H and O–H groups in total. The quantitative estimate of drug-likeness (QED) is 0.895. The number of thioether (sulfide) groups is 2. The summed E-state index contributed by atoms with van der Waals surface area (Å²) in [5.41, 5.74) is 1.27. The lowest BCUT2D eigenvalue weighted by atomic mass is 10.0. The van der Waals surface area contributed by atoms with Crippen LogP contribution in [-0.2, 0) is 4.08 Å². The van der Waals surface area contributed by atoms with Crippen molar-refractivity contribution in [1.82, 2.24) is 0 Å². The van der Waals surface area contributed by atoms with Crippen LogP contribution in [0.15, 0.2) is 30.3 Å². The molecule has 1 heterocycles. The van der Waals surface area contributed by atoms with Gasteiger partial charge < -0.3 is 5.11 Å². The lowest BCUT2D eigenvalue weighted by Crippen LogP contribution is -2.36. The molecule has 17 heavy (non-hydrogen) atoms. The minimum atomic E-state index is -0.245. The molecule has 3 heteroatoms. The van der Waals surface area contributed by atoms with E-state index in [0.717, 1.165) is 24.3 Å². The third-order valence-electron chi connectivity index (χ3n) is 3.10. The van der Waals surface area contributed by atoms with Crippen LogP contribution in [0.3, 0.4) is 0 Å². The van der Waals surface area contributed by atoms with Crippen LogP contribution < -0.4 is 0 Å². The molecule has 1 unspecified atom stereocenters. The highest BCUT2D eigenvalue weighted by Gasteiger charge is 2.41. The molecule has 1 atom stereocenters. The fraction of sp³-hybridized carbons (Fsp3) is 0.571. The molecular weight excluding hydrogens is 248 g/mol. The third kappa shape index (κ3) is 2.83. The molecule has 1 fully saturated rings. The minimum Gasteiger partial charge on any atom is -0.390 e. The Morgan fingerprint density at radius 2 is 1.88 bits per heavy atom. The number of aliphatic hydroxyl groups is 1. The molecule has 0 aromatic heterocycles. The van der Waals surface area contributed by atoms with E-state index in [2.05, 4.69) is 31.2 Å². The molecule has 94 valence electrons. The van der Waals surface area contributed by atoms with Crippen molar-refractivity contribution in [3.8, 4) is 0 Å². The smallest absolute Gasteiger partial charge is 0.112 e. The highest BCUT2D eigenvalue weighted by molar-refractivity contribution is 8.18. The zero-order valence-corrected chi connectivity index (χ0v) is 11.9. The Hall–Kier alpha value is -0.120. The van der Waals surface area contributed by atoms with E-state index < -0.39 is 0 Å². The van der Waals surface area contributed by atoms with Gasteiger partial charge >= 0.3 is 0 Å². The highest BCUT2D eigenvalue weighted by Crippen LogP contribution is 2.53. The Morgan fingerprint density at radius 3 is 2.47 bits per heavy atom. The molecule has 1 saturated heterocycles. The summed E-state index contributed by atoms with van der Waals surface area (Å²) >= 11 is 3.85. The summed E-state index contributed by atoms with van der Waals surface area (Å²) in [4.78, 5) is 0. The largest absolute Gasteiger partial charge is 0.390 e. The van der Waals surface area contributed by atoms with Crippen molar-refractivity contribution in [1.29, 1.82) is 0 Å². The van der Waals surface area contributed by atoms with Crippen LogP contribution in [0.2, 0.25) is 0 Å². The second-order valence-electron chi connectivity index (χ2n) is 4.39. The van der Waals surface area contributed by atoms with Gasteiger partial charge in [0.15, 0.2) is 0 Å². The topological polar surface area (TPSA) is 20.2 Å². The zero-order valence-electron chi connectivity index (χ0n) is 10.3. The van der Waals surface area contributed by atoms with Gasteiger partial charge in [-0.3, -0.25) is 0 Å². The second-order valence-corrected chi connectivity index (χ2v) is 7.33. The molecule has 0 radical (unpaired) electrons. The standard InChI is InChI=1S/C14H20OS2/c1-2-7-13(15)14(16-10-6-11-17-14)12-8-4-3-5-9-12/h3-5,8-9,13,15H,2,6-7,10-11H2,1H3. The molecule has 2 rings (SSSR count). The Kier molecular flexibility index (Phi) is 4.83. The van der Waals surface area contributed by atoms with Crippen molar-refractivity contribution in [2.24, 2.45) is 0 Å². The van der Waals surface area contributed by atoms with Crippen molar-refractivity contribution in [3.05, 3.63) is 35.9 Å². The maximum Gasteiger partial charge on any atom is 0.112 e. The lowest BCUT2D eigenvalue weighted by molar-refractivity contribution is 0.149. The molecule has 1 nitrogen and oxygen atoms in total. The molecule has 0 bridgehead atoms. The van der Waals surface area contributed by atoms with Crippen LogP contribution in [0, 0.1) is 0 Å². The third-order valence-corrected chi connectivity index (χ3v) is 6.66. The number of aliphatic hydroxyl groups excluding tert-OH is 1. The van der Waals surface area contributed by atoms with Crippen molar-refractivity contribution in [2.75, 3.05) is 11.5 Å². The predicted octanol–water partition coefficient (Wildman–Crippen LogP) is 3.87. The maximum atomic E-state index is 10.5. The van der Waals surface area contributed by atoms with Crippen LogP contribution in [-0.4, -0.2) is 22.7 Å². The molecule has 0 saturated carbocycles. The zero-order chi connectivity index (χ0) is 12.1. The molecule has 1 aliphatic heterocycles. The number of hydrogen-bond acceptors (Lipinski definition) is 3. The van der Waals surface area contributed by atoms with E-state index >= 15 is 0 Å². The van der Waals surface area contributed by atoms with Crippen LogP contribution in [0.1, 0.15) is 31.7 Å². The first-order valence-electron chi connectivity index (χ1n) is 6.31. The fourth-order valence-corrected chi connectivity index (χ4v) is 5.66. The maximum absolute atomic E-state index is 10.5. The first-order chi connectivity index (χ1) is 8.29. The van der Waals surface area contributed by atoms with Gasteiger partial charge in [0.2, 0.25) is 0 Å². The average molecular weight is 268 g/mol. The van der Waals surface area contributed by atoms with Gasteiger partial charge in [-0.15, -0.1) is 23.5 Å². The number of rotatable bonds is 4. The Balaban J connectivity index is 2.29. The van der Waals surface area contributed by atoms with Gasteiger partial charge in [-0.05, 0) is 29.9 Å². The molecule has 0 spiro atoms. The first kappa shape index (κ1) is 13.3. The van der Waals surface area contributed by atoms with E-state index in [9.17, 15) is 5.11 Å². The van der Waals surface area contributed by atoms with Crippen LogP contribution >= 0.6 is 23.5 Å². The molecule has 1 aromatic rings. The van der Waals surface area contributed by atoms with E-state index in [1.807, 2.05) is 29.6 Å². The molecule has 0 amide bonds. The molecular formula is C14H20OS2. The lowest BCUT2D eigenvalue weighted by Gasteiger charge is -2.40. The Morgan fingerprint density at radius 1 is 1.24 bits per heavy atom. The van der Waals surface area contributed by atoms with Gasteiger partial charge in [-0.25, -0.2) is 0 Å². The summed E-state index contributed by atoms with van der Waals surface area (Å²) in [6, 6.07) is 10.5. The normalized spacial score (nSPS) is 21.1. The molecule has 1 aromatic carbocycles. The van der Waals surface area contributed by atoms with Crippen molar-refractivity contribution in [2.45, 2.75) is 36.4 Å². The van der Waals surface area contributed by atoms with Crippen molar-refractivity contribution >= 4 is 23.5 Å². The molecule has 1 aliphatic rings. The van der Waals surface area contributed by atoms with Crippen LogP contribution in [0.5, 0.6) is 0 Å². The SMILES string of the molecule is CCCC(O)C1(c2ccccc2)SCCCS1. The number of benzene rings is 1. The second kappa shape index (κ2) is 6.17. The van der Waals surface area contributed by atoms with Gasteiger partial charge in [0.05, 0.1) is 6.10 Å². The summed E-state index contributed by atoms with van der Waals surface area (Å²) in [6.07, 6.45) is 2.93. The minimum absolute atomic E-state index is 0.129.